The first kappa shape index (κ1) is 11.1. The topological polar surface area (TPSA) is 25.2 Å². The van der Waals surface area contributed by atoms with Gasteiger partial charge >= 0.3 is 0 Å². The minimum atomic E-state index is -0.623. The number of nitrogens with one attached hydrogen (secondary N) is 1. The molecule has 0 bridgehead atoms. The van der Waals surface area contributed by atoms with Gasteiger partial charge in [-0.3, -0.25) is 0 Å². The molecule has 0 fully saturated rings. The molecule has 0 radical (unpaired) electrons. The Balaban J connectivity index is 2.47. The highest BCUT2D eigenvalue weighted by atomic mass is 19.1. The van der Waals surface area contributed by atoms with Gasteiger partial charge in [0.05, 0.1) is 11.4 Å². The zero-order valence-electron chi connectivity index (χ0n) is 9.18. The highest BCUT2D eigenvalue weighted by molar-refractivity contribution is 5.78. The summed E-state index contributed by atoms with van der Waals surface area (Å²) in [5, 5.41) is 3.47. The first-order valence-electron chi connectivity index (χ1n) is 5.23. The molecule has 1 aromatic heterocycles. The van der Waals surface area contributed by atoms with Crippen LogP contribution in [0.2, 0.25) is 0 Å². The zero-order valence-corrected chi connectivity index (χ0v) is 9.18. The molecule has 0 aliphatic carbocycles. The SMILES string of the molecule is CCNC(C)c1cc2c(F)cc(F)cc2o1. The second kappa shape index (κ2) is 4.22. The maximum Gasteiger partial charge on any atom is 0.140 e. The fraction of sp³-hybridized carbons (Fsp3) is 0.333. The summed E-state index contributed by atoms with van der Waals surface area (Å²) in [6.45, 7) is 4.67. The minimum Gasteiger partial charge on any atom is -0.459 e. The molecular weight excluding hydrogens is 212 g/mol. The largest absolute Gasteiger partial charge is 0.459 e. The van der Waals surface area contributed by atoms with Crippen molar-refractivity contribution in [2.45, 2.75) is 19.9 Å². The maximum absolute atomic E-state index is 13.4. The van der Waals surface area contributed by atoms with Gasteiger partial charge in [-0.25, -0.2) is 8.78 Å². The van der Waals surface area contributed by atoms with Gasteiger partial charge in [0.25, 0.3) is 0 Å². The van der Waals surface area contributed by atoms with E-state index in [-0.39, 0.29) is 11.6 Å². The lowest BCUT2D eigenvalue weighted by molar-refractivity contribution is 0.458. The quantitative estimate of drug-likeness (QED) is 0.866. The van der Waals surface area contributed by atoms with Crippen LogP contribution in [0.3, 0.4) is 0 Å². The van der Waals surface area contributed by atoms with E-state index in [2.05, 4.69) is 5.32 Å². The highest BCUT2D eigenvalue weighted by Crippen LogP contribution is 2.26. The van der Waals surface area contributed by atoms with Crippen LogP contribution in [0.5, 0.6) is 0 Å². The van der Waals surface area contributed by atoms with Gasteiger partial charge in [0.15, 0.2) is 0 Å². The lowest BCUT2D eigenvalue weighted by Gasteiger charge is -2.07. The summed E-state index contributed by atoms with van der Waals surface area (Å²) in [7, 11) is 0. The van der Waals surface area contributed by atoms with Gasteiger partial charge in [-0.05, 0) is 19.5 Å². The summed E-state index contributed by atoms with van der Waals surface area (Å²) < 4.78 is 31.7. The van der Waals surface area contributed by atoms with Crippen molar-refractivity contribution in [3.63, 3.8) is 0 Å². The third-order valence-corrected chi connectivity index (χ3v) is 2.51. The summed E-state index contributed by atoms with van der Waals surface area (Å²) >= 11 is 0. The van der Waals surface area contributed by atoms with Crippen LogP contribution in [0.25, 0.3) is 11.0 Å². The molecule has 1 N–H and O–H groups in total. The van der Waals surface area contributed by atoms with Crippen LogP contribution in [0.1, 0.15) is 25.6 Å². The van der Waals surface area contributed by atoms with E-state index < -0.39 is 11.6 Å². The van der Waals surface area contributed by atoms with E-state index >= 15 is 0 Å². The second-order valence-corrected chi connectivity index (χ2v) is 3.73. The second-order valence-electron chi connectivity index (χ2n) is 3.73. The monoisotopic (exact) mass is 225 g/mol. The van der Waals surface area contributed by atoms with Gasteiger partial charge in [0.2, 0.25) is 0 Å². The van der Waals surface area contributed by atoms with E-state index in [1.54, 1.807) is 6.07 Å². The molecule has 1 atom stereocenters. The average Bonchev–Trinajstić information content (AvgIpc) is 2.62. The summed E-state index contributed by atoms with van der Waals surface area (Å²) in [5.41, 5.74) is 0.247. The molecule has 0 amide bonds. The zero-order chi connectivity index (χ0) is 11.7. The molecule has 2 rings (SSSR count). The Kier molecular flexibility index (Phi) is 2.92. The number of hydrogen-bond acceptors (Lipinski definition) is 2. The molecule has 86 valence electrons. The van der Waals surface area contributed by atoms with Crippen LogP contribution in [0, 0.1) is 11.6 Å². The highest BCUT2D eigenvalue weighted by Gasteiger charge is 2.14. The number of furan rings is 1. The average molecular weight is 225 g/mol. The molecule has 0 aliphatic rings. The molecular formula is C12H13F2NO. The number of hydrogen-bond donors (Lipinski definition) is 1. The Morgan fingerprint density at radius 3 is 2.75 bits per heavy atom. The molecule has 0 saturated heterocycles. The van der Waals surface area contributed by atoms with E-state index in [0.29, 0.717) is 11.1 Å². The molecule has 2 nitrogen and oxygen atoms in total. The third-order valence-electron chi connectivity index (χ3n) is 2.51. The lowest BCUT2D eigenvalue weighted by atomic mass is 10.2. The van der Waals surface area contributed by atoms with Crippen molar-refractivity contribution in [2.24, 2.45) is 0 Å². The van der Waals surface area contributed by atoms with E-state index in [1.807, 2.05) is 13.8 Å². The van der Waals surface area contributed by atoms with Crippen molar-refractivity contribution in [3.05, 3.63) is 35.6 Å². The Morgan fingerprint density at radius 1 is 1.31 bits per heavy atom. The van der Waals surface area contributed by atoms with E-state index in [1.165, 1.54) is 6.07 Å². The van der Waals surface area contributed by atoms with E-state index in [0.717, 1.165) is 12.6 Å². The molecule has 0 aliphatic heterocycles. The Labute approximate surface area is 92.2 Å². The normalized spacial score (nSPS) is 13.2. The Bertz CT molecular complexity index is 507. The molecule has 2 aromatic rings. The number of halogens is 2. The molecule has 0 saturated carbocycles. The van der Waals surface area contributed by atoms with Gasteiger partial charge < -0.3 is 9.73 Å². The predicted molar refractivity (Wildman–Crippen MR) is 58.2 cm³/mol. The molecule has 1 aromatic carbocycles. The lowest BCUT2D eigenvalue weighted by Crippen LogP contribution is -2.16. The molecule has 1 unspecified atom stereocenters. The Morgan fingerprint density at radius 2 is 2.06 bits per heavy atom. The smallest absolute Gasteiger partial charge is 0.140 e. The minimum absolute atomic E-state index is 0.0140. The number of benzene rings is 1. The number of fused-ring (bicyclic) bond motifs is 1. The first-order valence-corrected chi connectivity index (χ1v) is 5.23. The fourth-order valence-electron chi connectivity index (χ4n) is 1.70. The predicted octanol–water partition coefficient (Wildman–Crippen LogP) is 3.38. The van der Waals surface area contributed by atoms with Gasteiger partial charge in [-0.2, -0.15) is 0 Å². The maximum atomic E-state index is 13.4. The van der Waals surface area contributed by atoms with Crippen molar-refractivity contribution in [3.8, 4) is 0 Å². The van der Waals surface area contributed by atoms with Crippen LogP contribution in [-0.2, 0) is 0 Å². The molecule has 1 heterocycles. The molecule has 0 spiro atoms. The van der Waals surface area contributed by atoms with Crippen molar-refractivity contribution in [2.75, 3.05) is 6.54 Å². The van der Waals surface area contributed by atoms with Gasteiger partial charge in [0, 0.05) is 12.1 Å². The summed E-state index contributed by atoms with van der Waals surface area (Å²) in [6.07, 6.45) is 0. The van der Waals surface area contributed by atoms with Crippen LogP contribution >= 0.6 is 0 Å². The van der Waals surface area contributed by atoms with Crippen LogP contribution in [0.4, 0.5) is 8.78 Å². The van der Waals surface area contributed by atoms with Gasteiger partial charge in [0.1, 0.15) is 23.0 Å². The van der Waals surface area contributed by atoms with Gasteiger partial charge in [-0.15, -0.1) is 0 Å². The van der Waals surface area contributed by atoms with Crippen LogP contribution in [-0.4, -0.2) is 6.54 Å². The Hall–Kier alpha value is -1.42. The summed E-state index contributed by atoms with van der Waals surface area (Å²) in [4.78, 5) is 0. The van der Waals surface area contributed by atoms with Gasteiger partial charge in [-0.1, -0.05) is 6.92 Å². The van der Waals surface area contributed by atoms with E-state index in [9.17, 15) is 8.78 Å². The third kappa shape index (κ3) is 1.93. The van der Waals surface area contributed by atoms with Crippen molar-refractivity contribution in [1.82, 2.24) is 5.32 Å². The molecule has 16 heavy (non-hydrogen) atoms. The summed E-state index contributed by atoms with van der Waals surface area (Å²) in [5.74, 6) is -0.600. The van der Waals surface area contributed by atoms with Crippen molar-refractivity contribution >= 4 is 11.0 Å². The number of rotatable bonds is 3. The standard InChI is InChI=1S/C12H13F2NO/c1-3-15-7(2)11-6-9-10(14)4-8(13)5-12(9)16-11/h4-7,15H,3H2,1-2H3. The van der Waals surface area contributed by atoms with Crippen LogP contribution in [0.15, 0.2) is 22.6 Å². The first-order chi connectivity index (χ1) is 7.61. The summed E-state index contributed by atoms with van der Waals surface area (Å²) in [6, 6.07) is 3.65. The van der Waals surface area contributed by atoms with Crippen molar-refractivity contribution < 1.29 is 13.2 Å². The molecule has 4 heteroatoms. The van der Waals surface area contributed by atoms with E-state index in [4.69, 9.17) is 4.42 Å². The van der Waals surface area contributed by atoms with Crippen LogP contribution < -0.4 is 5.32 Å². The fourth-order valence-corrected chi connectivity index (χ4v) is 1.70. The van der Waals surface area contributed by atoms with Crippen molar-refractivity contribution in [1.29, 1.82) is 0 Å².